The highest BCUT2D eigenvalue weighted by molar-refractivity contribution is 5.70. The van der Waals surface area contributed by atoms with Crippen LogP contribution in [0.4, 0.5) is 25.8 Å². The summed E-state index contributed by atoms with van der Waals surface area (Å²) in [6.07, 6.45) is 5.39. The lowest BCUT2D eigenvalue weighted by Crippen LogP contribution is -2.36. The highest BCUT2D eigenvalue weighted by Gasteiger charge is 2.27. The predicted molar refractivity (Wildman–Crippen MR) is 150 cm³/mol. The molecule has 2 heterocycles. The van der Waals surface area contributed by atoms with Gasteiger partial charge in [0.15, 0.2) is 11.6 Å². The zero-order valence-corrected chi connectivity index (χ0v) is 23.9. The van der Waals surface area contributed by atoms with Crippen molar-refractivity contribution in [2.45, 2.75) is 85.2 Å². The number of halogens is 2. The normalized spacial score (nSPS) is 14.3. The van der Waals surface area contributed by atoms with Crippen LogP contribution < -0.4 is 19.7 Å². The number of nitrogens with zero attached hydrogens (tertiary/aromatic N) is 2. The molecule has 0 unspecified atom stereocenters. The number of benzene rings is 1. The highest BCUT2D eigenvalue weighted by Crippen LogP contribution is 2.34. The van der Waals surface area contributed by atoms with Gasteiger partial charge in [-0.05, 0) is 70.6 Å². The quantitative estimate of drug-likeness (QED) is 0.207. The van der Waals surface area contributed by atoms with Crippen LogP contribution in [0.25, 0.3) is 0 Å². The molecular formula is C30H43F2N3O4. The summed E-state index contributed by atoms with van der Waals surface area (Å²) in [7, 11) is 0. The van der Waals surface area contributed by atoms with E-state index in [9.17, 15) is 4.79 Å². The first-order chi connectivity index (χ1) is 18.6. The van der Waals surface area contributed by atoms with E-state index >= 15 is 8.78 Å². The number of carbonyl (C=O) groups is 1. The summed E-state index contributed by atoms with van der Waals surface area (Å²) in [5.41, 5.74) is 0.190. The van der Waals surface area contributed by atoms with Crippen molar-refractivity contribution in [3.8, 4) is 11.8 Å². The lowest BCUT2D eigenvalue weighted by atomic mass is 9.93. The van der Waals surface area contributed by atoms with Crippen molar-refractivity contribution in [3.63, 3.8) is 0 Å². The monoisotopic (exact) mass is 547 g/mol. The zero-order valence-electron chi connectivity index (χ0n) is 23.9. The molecule has 3 rings (SSSR count). The molecule has 39 heavy (non-hydrogen) atoms. The molecule has 1 aromatic heterocycles. The second-order valence-electron chi connectivity index (χ2n) is 11.0. The minimum absolute atomic E-state index is 0.0477. The van der Waals surface area contributed by atoms with Crippen molar-refractivity contribution in [1.82, 2.24) is 4.98 Å². The summed E-state index contributed by atoms with van der Waals surface area (Å²) >= 11 is 0. The maximum Gasteiger partial charge on any atom is 0.306 e. The molecule has 1 saturated heterocycles. The van der Waals surface area contributed by atoms with Crippen molar-refractivity contribution in [2.75, 3.05) is 36.5 Å². The van der Waals surface area contributed by atoms with Gasteiger partial charge in [-0.15, -0.1) is 0 Å². The molecule has 0 atom stereocenters. The number of nitrogens with one attached hydrogen (secondary N) is 1. The molecule has 0 spiro atoms. The van der Waals surface area contributed by atoms with Crippen LogP contribution in [0, 0.1) is 17.6 Å². The van der Waals surface area contributed by atoms with Crippen molar-refractivity contribution in [1.29, 1.82) is 0 Å². The Balaban J connectivity index is 1.67. The molecule has 1 aromatic carbocycles. The molecule has 9 heteroatoms. The largest absolute Gasteiger partial charge is 0.478 e. The molecule has 1 fully saturated rings. The van der Waals surface area contributed by atoms with E-state index in [1.54, 1.807) is 17.0 Å². The van der Waals surface area contributed by atoms with Gasteiger partial charge in [0.1, 0.15) is 17.0 Å². The van der Waals surface area contributed by atoms with Crippen LogP contribution in [-0.2, 0) is 9.53 Å². The molecule has 1 aliphatic heterocycles. The molecular weight excluding hydrogens is 504 g/mol. The van der Waals surface area contributed by atoms with E-state index in [0.29, 0.717) is 63.0 Å². The average molecular weight is 548 g/mol. The van der Waals surface area contributed by atoms with E-state index in [1.165, 1.54) is 12.1 Å². The molecule has 216 valence electrons. The number of piperidine rings is 1. The number of hydrogen-bond acceptors (Lipinski definition) is 7. The number of ether oxygens (including phenoxy) is 3. The molecule has 0 bridgehead atoms. The van der Waals surface area contributed by atoms with Crippen LogP contribution in [0.15, 0.2) is 24.3 Å². The first-order valence-corrected chi connectivity index (χ1v) is 14.1. The molecule has 0 saturated carbocycles. The molecule has 0 radical (unpaired) electrons. The number of esters is 1. The number of anilines is 3. The number of unbranched alkanes of at least 4 members (excludes halogenated alkanes) is 2. The van der Waals surface area contributed by atoms with Crippen molar-refractivity contribution in [3.05, 3.63) is 35.9 Å². The second kappa shape index (κ2) is 14.3. The highest BCUT2D eigenvalue weighted by atomic mass is 19.1. The van der Waals surface area contributed by atoms with Crippen LogP contribution in [0.3, 0.4) is 0 Å². The smallest absolute Gasteiger partial charge is 0.306 e. The standard InChI is InChI=1S/C30H43F2N3O4/c1-6-8-16-37-26-11-10-25(29(34-26)38-17-9-7-2)33-22-19-23(31)28(24(32)20-22)35-14-12-21(13-15-35)18-27(36)39-30(3,4)5/h10-11,19-21,33H,6-9,12-18H2,1-5H3. The molecule has 7 nitrogen and oxygen atoms in total. The predicted octanol–water partition coefficient (Wildman–Crippen LogP) is 7.41. The third-order valence-corrected chi connectivity index (χ3v) is 6.42. The number of pyridine rings is 1. The Hall–Kier alpha value is -3.10. The van der Waals surface area contributed by atoms with Gasteiger partial charge in [-0.1, -0.05) is 26.7 Å². The Bertz CT molecular complexity index is 1060. The second-order valence-corrected chi connectivity index (χ2v) is 11.0. The van der Waals surface area contributed by atoms with Gasteiger partial charge in [0, 0.05) is 31.3 Å². The zero-order chi connectivity index (χ0) is 28.4. The van der Waals surface area contributed by atoms with Crippen molar-refractivity contribution < 1.29 is 27.8 Å². The van der Waals surface area contributed by atoms with E-state index in [0.717, 1.165) is 25.7 Å². The molecule has 0 amide bonds. The van der Waals surface area contributed by atoms with Crippen molar-refractivity contribution >= 4 is 23.0 Å². The summed E-state index contributed by atoms with van der Waals surface area (Å²) in [6, 6.07) is 6.03. The van der Waals surface area contributed by atoms with Gasteiger partial charge < -0.3 is 24.4 Å². The fourth-order valence-electron chi connectivity index (χ4n) is 4.42. The summed E-state index contributed by atoms with van der Waals surface area (Å²) < 4.78 is 47.4. The first-order valence-electron chi connectivity index (χ1n) is 14.1. The van der Waals surface area contributed by atoms with Crippen LogP contribution in [0.2, 0.25) is 0 Å². The Labute approximate surface area is 231 Å². The van der Waals surface area contributed by atoms with Gasteiger partial charge in [-0.3, -0.25) is 4.79 Å². The van der Waals surface area contributed by atoms with E-state index < -0.39 is 17.2 Å². The molecule has 2 aromatic rings. The average Bonchev–Trinajstić information content (AvgIpc) is 2.85. The van der Waals surface area contributed by atoms with Gasteiger partial charge in [-0.25, -0.2) is 8.78 Å². The van der Waals surface area contributed by atoms with E-state index in [4.69, 9.17) is 14.2 Å². The summed E-state index contributed by atoms with van der Waals surface area (Å²) in [5, 5.41) is 3.06. The molecule has 1 N–H and O–H groups in total. The number of rotatable bonds is 13. The number of hydrogen-bond donors (Lipinski definition) is 1. The van der Waals surface area contributed by atoms with Gasteiger partial charge in [0.2, 0.25) is 11.8 Å². The van der Waals surface area contributed by atoms with E-state index in [2.05, 4.69) is 24.1 Å². The Kier molecular flexibility index (Phi) is 11.2. The van der Waals surface area contributed by atoms with Crippen molar-refractivity contribution in [2.24, 2.45) is 5.92 Å². The number of carbonyl (C=O) groups excluding carboxylic acids is 1. The minimum Gasteiger partial charge on any atom is -0.478 e. The van der Waals surface area contributed by atoms with Crippen LogP contribution in [0.1, 0.15) is 79.6 Å². The fourth-order valence-corrected chi connectivity index (χ4v) is 4.42. The van der Waals surface area contributed by atoms with Crippen LogP contribution >= 0.6 is 0 Å². The minimum atomic E-state index is -0.649. The van der Waals surface area contributed by atoms with Gasteiger partial charge in [0.05, 0.1) is 13.2 Å². The maximum absolute atomic E-state index is 15.2. The lowest BCUT2D eigenvalue weighted by molar-refractivity contribution is -0.156. The maximum atomic E-state index is 15.2. The Morgan fingerprint density at radius 3 is 2.23 bits per heavy atom. The lowest BCUT2D eigenvalue weighted by Gasteiger charge is -2.34. The third kappa shape index (κ3) is 9.55. The van der Waals surface area contributed by atoms with Crippen LogP contribution in [0.5, 0.6) is 11.8 Å². The third-order valence-electron chi connectivity index (χ3n) is 6.42. The van der Waals surface area contributed by atoms with Gasteiger partial charge in [0.25, 0.3) is 0 Å². The van der Waals surface area contributed by atoms with Crippen LogP contribution in [-0.4, -0.2) is 42.9 Å². The Morgan fingerprint density at radius 1 is 1.03 bits per heavy atom. The van der Waals surface area contributed by atoms with E-state index in [-0.39, 0.29) is 23.3 Å². The summed E-state index contributed by atoms with van der Waals surface area (Å²) in [4.78, 5) is 18.3. The van der Waals surface area contributed by atoms with Gasteiger partial charge in [-0.2, -0.15) is 4.98 Å². The van der Waals surface area contributed by atoms with Gasteiger partial charge >= 0.3 is 5.97 Å². The summed E-state index contributed by atoms with van der Waals surface area (Å²) in [6.45, 7) is 11.6. The van der Waals surface area contributed by atoms with E-state index in [1.807, 2.05) is 20.8 Å². The molecule has 1 aliphatic rings. The topological polar surface area (TPSA) is 72.9 Å². The number of aromatic nitrogens is 1. The Morgan fingerprint density at radius 2 is 1.64 bits per heavy atom. The summed E-state index contributed by atoms with van der Waals surface area (Å²) in [5.74, 6) is -0.622. The molecule has 0 aliphatic carbocycles. The fraction of sp³-hybridized carbons (Fsp3) is 0.600. The SMILES string of the molecule is CCCCOc1ccc(Nc2cc(F)c(N3CCC(CC(=O)OC(C)(C)C)CC3)c(F)c2)c(OCCCC)n1. The first kappa shape index (κ1) is 30.4.